The summed E-state index contributed by atoms with van der Waals surface area (Å²) in [7, 11) is 0. The van der Waals surface area contributed by atoms with Gasteiger partial charge in [0, 0.05) is 22.9 Å². The number of nitrogens with zero attached hydrogens (tertiary/aromatic N) is 1. The summed E-state index contributed by atoms with van der Waals surface area (Å²) in [6.45, 7) is 3.57. The number of aromatic nitrogens is 1. The molecule has 5 heteroatoms. The first-order chi connectivity index (χ1) is 8.40. The molecule has 0 amide bonds. The summed E-state index contributed by atoms with van der Waals surface area (Å²) in [5.74, 6) is -0.440. The molecule has 18 heavy (non-hydrogen) atoms. The Morgan fingerprint density at radius 1 is 1.28 bits per heavy atom. The summed E-state index contributed by atoms with van der Waals surface area (Å²) in [4.78, 5) is 4.11. The van der Waals surface area contributed by atoms with Crippen LogP contribution in [0.4, 0.5) is 10.2 Å². The Morgan fingerprint density at radius 2 is 1.94 bits per heavy atom. The van der Waals surface area contributed by atoms with Crippen LogP contribution in [0.15, 0.2) is 18.2 Å². The lowest BCUT2D eigenvalue weighted by Gasteiger charge is -2.12. The summed E-state index contributed by atoms with van der Waals surface area (Å²) in [6.07, 6.45) is 0. The zero-order valence-electron chi connectivity index (χ0n) is 9.96. The molecule has 3 N–H and O–H groups in total. The van der Waals surface area contributed by atoms with Crippen molar-refractivity contribution in [1.29, 1.82) is 0 Å². The number of nitrogens with two attached hydrogens (primary N) is 1. The first kappa shape index (κ1) is 12.6. The molecule has 0 aliphatic heterocycles. The minimum Gasteiger partial charge on any atom is -0.506 e. The maximum absolute atomic E-state index is 13.9. The second-order valence-corrected chi connectivity index (χ2v) is 4.52. The number of nitrogen functional groups attached to an aromatic ring is 1. The van der Waals surface area contributed by atoms with E-state index >= 15 is 0 Å². The molecule has 0 aliphatic rings. The Kier molecular flexibility index (Phi) is 3.13. The molecule has 2 aromatic rings. The van der Waals surface area contributed by atoms with Crippen molar-refractivity contribution in [1.82, 2.24) is 4.98 Å². The van der Waals surface area contributed by atoms with Gasteiger partial charge in [0.25, 0.3) is 0 Å². The smallest absolute Gasteiger partial charge is 0.137 e. The summed E-state index contributed by atoms with van der Waals surface area (Å²) < 4.78 is 13.9. The third-order valence-electron chi connectivity index (χ3n) is 2.72. The molecule has 1 heterocycles. The average Bonchev–Trinajstić information content (AvgIpc) is 2.24. The van der Waals surface area contributed by atoms with E-state index in [-0.39, 0.29) is 10.8 Å². The van der Waals surface area contributed by atoms with E-state index in [2.05, 4.69) is 4.98 Å². The highest BCUT2D eigenvalue weighted by atomic mass is 35.5. The van der Waals surface area contributed by atoms with Crippen molar-refractivity contribution in [3.8, 4) is 16.9 Å². The van der Waals surface area contributed by atoms with Gasteiger partial charge in [-0.1, -0.05) is 11.6 Å². The first-order valence-corrected chi connectivity index (χ1v) is 5.70. The lowest BCUT2D eigenvalue weighted by atomic mass is 9.98. The van der Waals surface area contributed by atoms with Crippen molar-refractivity contribution in [2.45, 2.75) is 13.8 Å². The fourth-order valence-electron chi connectivity index (χ4n) is 2.00. The van der Waals surface area contributed by atoms with Gasteiger partial charge in [-0.15, -0.1) is 0 Å². The van der Waals surface area contributed by atoms with Crippen LogP contribution >= 0.6 is 11.6 Å². The second kappa shape index (κ2) is 4.46. The number of anilines is 1. The van der Waals surface area contributed by atoms with E-state index in [1.54, 1.807) is 13.0 Å². The molecule has 0 saturated carbocycles. The van der Waals surface area contributed by atoms with E-state index in [0.29, 0.717) is 22.6 Å². The summed E-state index contributed by atoms with van der Waals surface area (Å²) in [5, 5.41) is 9.45. The fourth-order valence-corrected chi connectivity index (χ4v) is 2.16. The van der Waals surface area contributed by atoms with Crippen molar-refractivity contribution >= 4 is 17.4 Å². The third-order valence-corrected chi connectivity index (χ3v) is 3.03. The van der Waals surface area contributed by atoms with Gasteiger partial charge in [0.15, 0.2) is 0 Å². The third kappa shape index (κ3) is 2.11. The molecule has 1 aromatic carbocycles. The van der Waals surface area contributed by atoms with E-state index in [1.165, 1.54) is 6.07 Å². The minimum atomic E-state index is -0.547. The van der Waals surface area contributed by atoms with Crippen molar-refractivity contribution in [2.75, 3.05) is 5.73 Å². The van der Waals surface area contributed by atoms with Crippen molar-refractivity contribution < 1.29 is 9.50 Å². The van der Waals surface area contributed by atoms with Gasteiger partial charge in [0.1, 0.15) is 17.4 Å². The molecular formula is C13H12ClFN2O. The number of hydrogen-bond acceptors (Lipinski definition) is 3. The predicted molar refractivity (Wildman–Crippen MR) is 70.2 cm³/mol. The zero-order chi connectivity index (χ0) is 13.4. The van der Waals surface area contributed by atoms with Crippen LogP contribution in [0.5, 0.6) is 5.75 Å². The number of phenolic OH excluding ortho intramolecular Hbond substituents is 1. The highest BCUT2D eigenvalue weighted by Gasteiger charge is 2.15. The largest absolute Gasteiger partial charge is 0.506 e. The summed E-state index contributed by atoms with van der Waals surface area (Å²) in [5.41, 5.74) is 8.00. The Labute approximate surface area is 109 Å². The predicted octanol–water partition coefficient (Wildman–Crippen LogP) is 3.45. The second-order valence-electron chi connectivity index (χ2n) is 4.11. The molecule has 2 rings (SSSR count). The zero-order valence-corrected chi connectivity index (χ0v) is 10.7. The molecule has 0 radical (unpaired) electrons. The normalized spacial score (nSPS) is 10.7. The molecule has 0 unspecified atom stereocenters. The maximum atomic E-state index is 13.9. The Balaban J connectivity index is 2.73. The Hall–Kier alpha value is -1.81. The van der Waals surface area contributed by atoms with Crippen LogP contribution in [0.25, 0.3) is 11.1 Å². The average molecular weight is 267 g/mol. The molecule has 3 nitrogen and oxygen atoms in total. The molecule has 1 aromatic heterocycles. The van der Waals surface area contributed by atoms with E-state index in [9.17, 15) is 9.50 Å². The standard InChI is InChI=1S/C13H12ClFN2O/c1-6-3-12(16)17-7(2)13(6)8-4-9(14)11(18)5-10(8)15/h3-5,18H,1-2H3,(H2,16,17). The topological polar surface area (TPSA) is 59.1 Å². The fraction of sp³-hybridized carbons (Fsp3) is 0.154. The SMILES string of the molecule is Cc1cc(N)nc(C)c1-c1cc(Cl)c(O)cc1F. The quantitative estimate of drug-likeness (QED) is 0.831. The van der Waals surface area contributed by atoms with Crippen LogP contribution in [0.2, 0.25) is 5.02 Å². The lowest BCUT2D eigenvalue weighted by molar-refractivity contribution is 0.469. The number of rotatable bonds is 1. The van der Waals surface area contributed by atoms with E-state index in [1.807, 2.05) is 6.92 Å². The lowest BCUT2D eigenvalue weighted by Crippen LogP contribution is -1.99. The monoisotopic (exact) mass is 266 g/mol. The van der Waals surface area contributed by atoms with E-state index < -0.39 is 5.82 Å². The summed E-state index contributed by atoms with van der Waals surface area (Å²) >= 11 is 5.81. The van der Waals surface area contributed by atoms with Gasteiger partial charge < -0.3 is 10.8 Å². The van der Waals surface area contributed by atoms with Gasteiger partial charge in [0.05, 0.1) is 5.02 Å². The van der Waals surface area contributed by atoms with Crippen LogP contribution < -0.4 is 5.73 Å². The van der Waals surface area contributed by atoms with Crippen LogP contribution in [0.1, 0.15) is 11.3 Å². The van der Waals surface area contributed by atoms with Crippen molar-refractivity contribution in [3.05, 3.63) is 40.3 Å². The maximum Gasteiger partial charge on any atom is 0.137 e. The minimum absolute atomic E-state index is 0.0991. The number of aromatic hydroxyl groups is 1. The highest BCUT2D eigenvalue weighted by molar-refractivity contribution is 6.32. The van der Waals surface area contributed by atoms with Gasteiger partial charge in [0.2, 0.25) is 0 Å². The van der Waals surface area contributed by atoms with Crippen LogP contribution in [-0.2, 0) is 0 Å². The summed E-state index contributed by atoms with van der Waals surface area (Å²) in [6, 6.07) is 4.05. The molecule has 0 atom stereocenters. The number of phenols is 1. The number of hydrogen-bond donors (Lipinski definition) is 2. The van der Waals surface area contributed by atoms with Gasteiger partial charge in [-0.05, 0) is 31.5 Å². The molecular weight excluding hydrogens is 255 g/mol. The highest BCUT2D eigenvalue weighted by Crippen LogP contribution is 2.35. The molecule has 94 valence electrons. The van der Waals surface area contributed by atoms with Gasteiger partial charge in [-0.2, -0.15) is 0 Å². The van der Waals surface area contributed by atoms with Crippen LogP contribution in [0.3, 0.4) is 0 Å². The number of pyridine rings is 1. The van der Waals surface area contributed by atoms with Crippen molar-refractivity contribution in [3.63, 3.8) is 0 Å². The van der Waals surface area contributed by atoms with Crippen LogP contribution in [0, 0.1) is 19.7 Å². The number of halogens is 2. The molecule has 0 fully saturated rings. The number of benzene rings is 1. The Morgan fingerprint density at radius 3 is 2.56 bits per heavy atom. The van der Waals surface area contributed by atoms with E-state index in [4.69, 9.17) is 17.3 Å². The molecule has 0 aliphatic carbocycles. The first-order valence-electron chi connectivity index (χ1n) is 5.32. The Bertz CT molecular complexity index is 606. The molecule has 0 saturated heterocycles. The van der Waals surface area contributed by atoms with Crippen molar-refractivity contribution in [2.24, 2.45) is 0 Å². The molecule has 0 spiro atoms. The van der Waals surface area contributed by atoms with Crippen LogP contribution in [-0.4, -0.2) is 10.1 Å². The number of aryl methyl sites for hydroxylation is 2. The van der Waals surface area contributed by atoms with Gasteiger partial charge in [-0.3, -0.25) is 0 Å². The van der Waals surface area contributed by atoms with E-state index in [0.717, 1.165) is 11.6 Å². The van der Waals surface area contributed by atoms with Gasteiger partial charge in [-0.25, -0.2) is 9.37 Å². The molecule has 0 bridgehead atoms. The van der Waals surface area contributed by atoms with Gasteiger partial charge >= 0.3 is 0 Å².